The molecule has 0 aromatic heterocycles. The van der Waals surface area contributed by atoms with E-state index >= 15 is 0 Å². The number of fused-ring (bicyclic) bond motifs is 3. The molecule has 4 bridgehead atoms. The van der Waals surface area contributed by atoms with Crippen LogP contribution in [0.2, 0.25) is 5.02 Å². The Kier molecular flexibility index (Phi) is 3.56. The van der Waals surface area contributed by atoms with Gasteiger partial charge >= 0.3 is 0 Å². The van der Waals surface area contributed by atoms with Crippen LogP contribution < -0.4 is 0 Å². The van der Waals surface area contributed by atoms with Crippen LogP contribution in [0.4, 0.5) is 0 Å². The van der Waals surface area contributed by atoms with E-state index < -0.39 is 0 Å². The highest BCUT2D eigenvalue weighted by Gasteiger charge is 2.61. The summed E-state index contributed by atoms with van der Waals surface area (Å²) in [5, 5.41) is 0.957. The van der Waals surface area contributed by atoms with Crippen LogP contribution in [0.1, 0.15) is 74.0 Å². The molecular formula is C28H29Cl. The molecule has 2 aromatic carbocycles. The van der Waals surface area contributed by atoms with Crippen LogP contribution >= 0.6 is 11.6 Å². The second-order valence-corrected chi connectivity index (χ2v) is 11.0. The summed E-state index contributed by atoms with van der Waals surface area (Å²) in [6.07, 6.45) is 15.9. The zero-order valence-corrected chi connectivity index (χ0v) is 17.8. The van der Waals surface area contributed by atoms with E-state index in [2.05, 4.69) is 48.6 Å². The third-order valence-corrected chi connectivity index (χ3v) is 9.52. The third-order valence-electron chi connectivity index (χ3n) is 9.30. The minimum atomic E-state index is 0.234. The zero-order valence-electron chi connectivity index (χ0n) is 17.0. The fraction of sp³-hybridized carbons (Fsp3) is 0.500. The number of halogens is 1. The molecule has 0 saturated heterocycles. The van der Waals surface area contributed by atoms with Crippen LogP contribution in [-0.2, 0) is 5.41 Å². The molecular weight excluding hydrogens is 372 g/mol. The SMILES string of the molecule is Clc1cc(C2C=CCCC2)c2c(c1)C1(c3ccccc3-2)C2CC3CC(C2)CC1C3. The lowest BCUT2D eigenvalue weighted by Crippen LogP contribution is -2.55. The first-order chi connectivity index (χ1) is 14.2. The van der Waals surface area contributed by atoms with Gasteiger partial charge in [0.15, 0.2) is 0 Å². The molecule has 0 aliphatic heterocycles. The van der Waals surface area contributed by atoms with E-state index in [0.717, 1.165) is 28.7 Å². The number of benzene rings is 2. The van der Waals surface area contributed by atoms with Crippen molar-refractivity contribution in [1.82, 2.24) is 0 Å². The van der Waals surface area contributed by atoms with Crippen LogP contribution in [0.5, 0.6) is 0 Å². The molecule has 6 aliphatic carbocycles. The summed E-state index contributed by atoms with van der Waals surface area (Å²) >= 11 is 6.86. The molecule has 6 aliphatic rings. The average molecular weight is 401 g/mol. The average Bonchev–Trinajstić information content (AvgIpc) is 3.02. The quantitative estimate of drug-likeness (QED) is 0.427. The monoisotopic (exact) mass is 400 g/mol. The highest BCUT2D eigenvalue weighted by atomic mass is 35.5. The summed E-state index contributed by atoms with van der Waals surface area (Å²) in [5.74, 6) is 4.12. The van der Waals surface area contributed by atoms with Crippen molar-refractivity contribution in [2.75, 3.05) is 0 Å². The Morgan fingerprint density at radius 2 is 1.62 bits per heavy atom. The molecule has 0 heterocycles. The molecule has 0 N–H and O–H groups in total. The molecule has 148 valence electrons. The first kappa shape index (κ1) is 17.2. The molecule has 1 spiro atoms. The topological polar surface area (TPSA) is 0 Å². The van der Waals surface area contributed by atoms with Crippen molar-refractivity contribution >= 4 is 11.6 Å². The molecule has 1 atom stereocenters. The fourth-order valence-electron chi connectivity index (χ4n) is 8.63. The Morgan fingerprint density at radius 3 is 2.34 bits per heavy atom. The minimum Gasteiger partial charge on any atom is -0.0879 e. The predicted molar refractivity (Wildman–Crippen MR) is 120 cm³/mol. The fourth-order valence-corrected chi connectivity index (χ4v) is 8.86. The van der Waals surface area contributed by atoms with Gasteiger partial charge in [0, 0.05) is 16.4 Å². The summed E-state index contributed by atoms with van der Waals surface area (Å²) < 4.78 is 0. The Morgan fingerprint density at radius 1 is 0.862 bits per heavy atom. The van der Waals surface area contributed by atoms with Gasteiger partial charge in [0.1, 0.15) is 0 Å². The normalized spacial score (nSPS) is 38.4. The maximum absolute atomic E-state index is 6.86. The summed E-state index contributed by atoms with van der Waals surface area (Å²) in [4.78, 5) is 0. The van der Waals surface area contributed by atoms with Crippen LogP contribution in [0.15, 0.2) is 48.6 Å². The molecule has 0 amide bonds. The molecule has 2 aromatic rings. The number of allylic oxidation sites excluding steroid dienone is 2. The first-order valence-corrected chi connectivity index (χ1v) is 12.2. The predicted octanol–water partition coefficient (Wildman–Crippen LogP) is 7.89. The number of hydrogen-bond donors (Lipinski definition) is 0. The highest BCUT2D eigenvalue weighted by molar-refractivity contribution is 6.31. The maximum atomic E-state index is 6.86. The Hall–Kier alpha value is -1.53. The van der Waals surface area contributed by atoms with Gasteiger partial charge in [-0.25, -0.2) is 0 Å². The molecule has 0 radical (unpaired) electrons. The summed E-state index contributed by atoms with van der Waals surface area (Å²) in [6.45, 7) is 0. The molecule has 8 rings (SSSR count). The number of rotatable bonds is 1. The van der Waals surface area contributed by atoms with Crippen molar-refractivity contribution < 1.29 is 0 Å². The summed E-state index contributed by atoms with van der Waals surface area (Å²) in [7, 11) is 0. The van der Waals surface area contributed by atoms with Crippen molar-refractivity contribution in [2.45, 2.75) is 62.7 Å². The lowest BCUT2D eigenvalue weighted by molar-refractivity contribution is -0.0399. The minimum absolute atomic E-state index is 0.234. The second-order valence-electron chi connectivity index (χ2n) is 10.6. The second kappa shape index (κ2) is 6.01. The Labute approximate surface area is 179 Å². The van der Waals surface area contributed by atoms with E-state index in [1.807, 2.05) is 0 Å². The lowest BCUT2D eigenvalue weighted by atomic mass is 9.43. The van der Waals surface area contributed by atoms with Gasteiger partial charge in [-0.2, -0.15) is 0 Å². The van der Waals surface area contributed by atoms with Gasteiger partial charge in [-0.1, -0.05) is 48.0 Å². The van der Waals surface area contributed by atoms with E-state index in [0.29, 0.717) is 5.92 Å². The van der Waals surface area contributed by atoms with Crippen LogP contribution in [0, 0.1) is 23.7 Å². The van der Waals surface area contributed by atoms with Gasteiger partial charge in [-0.3, -0.25) is 0 Å². The molecule has 1 unspecified atom stereocenters. The van der Waals surface area contributed by atoms with E-state index in [1.165, 1.54) is 62.5 Å². The van der Waals surface area contributed by atoms with E-state index in [4.69, 9.17) is 11.6 Å². The van der Waals surface area contributed by atoms with Crippen molar-refractivity contribution in [3.8, 4) is 11.1 Å². The highest BCUT2D eigenvalue weighted by Crippen LogP contribution is 2.70. The van der Waals surface area contributed by atoms with Gasteiger partial charge < -0.3 is 0 Å². The molecule has 4 saturated carbocycles. The lowest BCUT2D eigenvalue weighted by Gasteiger charge is -2.61. The Balaban J connectivity index is 1.53. The molecule has 0 nitrogen and oxygen atoms in total. The smallest absolute Gasteiger partial charge is 0.0412 e. The van der Waals surface area contributed by atoms with Crippen LogP contribution in [-0.4, -0.2) is 0 Å². The van der Waals surface area contributed by atoms with Gasteiger partial charge in [0.05, 0.1) is 0 Å². The van der Waals surface area contributed by atoms with Crippen LogP contribution in [0.3, 0.4) is 0 Å². The van der Waals surface area contributed by atoms with E-state index in [9.17, 15) is 0 Å². The zero-order chi connectivity index (χ0) is 19.2. The van der Waals surface area contributed by atoms with Crippen molar-refractivity contribution in [1.29, 1.82) is 0 Å². The first-order valence-electron chi connectivity index (χ1n) is 11.9. The molecule has 29 heavy (non-hydrogen) atoms. The van der Waals surface area contributed by atoms with Gasteiger partial charge in [0.2, 0.25) is 0 Å². The number of hydrogen-bond acceptors (Lipinski definition) is 0. The van der Waals surface area contributed by atoms with Crippen LogP contribution in [0.25, 0.3) is 11.1 Å². The largest absolute Gasteiger partial charge is 0.0879 e. The van der Waals surface area contributed by atoms with Gasteiger partial charge in [-0.05, 0) is 115 Å². The van der Waals surface area contributed by atoms with Crippen molar-refractivity contribution in [2.24, 2.45) is 23.7 Å². The standard InChI is InChI=1S/C28H29Cl/c29-22-15-24(19-6-2-1-3-7-19)27-23-8-4-5-9-25(23)28(26(27)16-22)20-11-17-10-18(13-20)14-21(28)12-17/h2,4-6,8-9,15-21H,1,3,7,10-14H2. The molecule has 4 fully saturated rings. The maximum Gasteiger partial charge on any atom is 0.0412 e. The van der Waals surface area contributed by atoms with Crippen molar-refractivity contribution in [3.63, 3.8) is 0 Å². The van der Waals surface area contributed by atoms with Gasteiger partial charge in [-0.15, -0.1) is 0 Å². The van der Waals surface area contributed by atoms with E-state index in [-0.39, 0.29) is 5.41 Å². The van der Waals surface area contributed by atoms with Crippen molar-refractivity contribution in [3.05, 3.63) is 70.3 Å². The summed E-state index contributed by atoms with van der Waals surface area (Å²) in [6, 6.07) is 14.1. The third kappa shape index (κ3) is 2.17. The summed E-state index contributed by atoms with van der Waals surface area (Å²) in [5.41, 5.74) is 8.08. The van der Waals surface area contributed by atoms with E-state index in [1.54, 1.807) is 16.7 Å². The molecule has 1 heteroatoms. The Bertz CT molecular complexity index is 1000. The van der Waals surface area contributed by atoms with Gasteiger partial charge in [0.25, 0.3) is 0 Å².